The lowest BCUT2D eigenvalue weighted by molar-refractivity contribution is 0.0691. The molecule has 0 saturated heterocycles. The van der Waals surface area contributed by atoms with Gasteiger partial charge in [-0.1, -0.05) is 12.1 Å². The van der Waals surface area contributed by atoms with Crippen molar-refractivity contribution in [3.8, 4) is 0 Å². The molecule has 2 aromatic heterocycles. The molecule has 3 aromatic rings. The topological polar surface area (TPSA) is 100 Å². The lowest BCUT2D eigenvalue weighted by Gasteiger charge is -2.13. The Labute approximate surface area is 164 Å². The molecule has 7 nitrogen and oxygen atoms in total. The first-order valence-corrected chi connectivity index (χ1v) is 9.28. The first kappa shape index (κ1) is 17.9. The molecule has 0 aliphatic carbocycles. The molecule has 0 saturated carbocycles. The Kier molecular flexibility index (Phi) is 4.62. The van der Waals surface area contributed by atoms with Crippen LogP contribution >= 0.6 is 11.8 Å². The van der Waals surface area contributed by atoms with Gasteiger partial charge in [-0.2, -0.15) is 0 Å². The van der Waals surface area contributed by atoms with Gasteiger partial charge in [0.25, 0.3) is 11.8 Å². The van der Waals surface area contributed by atoms with E-state index in [1.165, 1.54) is 30.2 Å². The van der Waals surface area contributed by atoms with Gasteiger partial charge < -0.3 is 5.11 Å². The number of rotatable bonds is 5. The monoisotopic (exact) mass is 391 g/mol. The fourth-order valence-corrected chi connectivity index (χ4v) is 3.82. The van der Waals surface area contributed by atoms with Crippen LogP contribution in [0.1, 0.15) is 36.6 Å². The number of imide groups is 1. The van der Waals surface area contributed by atoms with Crippen LogP contribution in [-0.2, 0) is 5.75 Å². The molecule has 138 valence electrons. The smallest absolute Gasteiger partial charge is 0.338 e. The number of fused-ring (bicyclic) bond motifs is 1. The second-order valence-electron chi connectivity index (χ2n) is 5.96. The summed E-state index contributed by atoms with van der Waals surface area (Å²) in [6.45, 7) is 0. The van der Waals surface area contributed by atoms with Crippen LogP contribution in [0.2, 0.25) is 0 Å². The predicted molar refractivity (Wildman–Crippen MR) is 103 cm³/mol. The van der Waals surface area contributed by atoms with Gasteiger partial charge in [0.1, 0.15) is 10.8 Å². The van der Waals surface area contributed by atoms with Crippen molar-refractivity contribution in [1.82, 2.24) is 9.97 Å². The fourth-order valence-electron chi connectivity index (χ4n) is 2.89. The van der Waals surface area contributed by atoms with Crippen molar-refractivity contribution in [2.45, 2.75) is 10.8 Å². The minimum absolute atomic E-state index is 0.127. The maximum Gasteiger partial charge on any atom is 0.338 e. The third-order valence-corrected chi connectivity index (χ3v) is 5.29. The van der Waals surface area contributed by atoms with Crippen molar-refractivity contribution in [2.75, 3.05) is 4.90 Å². The van der Waals surface area contributed by atoms with E-state index in [0.29, 0.717) is 21.9 Å². The average Bonchev–Trinajstić information content (AvgIpc) is 2.97. The molecule has 4 rings (SSSR count). The molecule has 0 atom stereocenters. The lowest BCUT2D eigenvalue weighted by Crippen LogP contribution is -2.30. The van der Waals surface area contributed by atoms with E-state index in [9.17, 15) is 19.5 Å². The molecular weight excluding hydrogens is 378 g/mol. The number of aromatic carboxylic acids is 1. The number of hydrogen-bond acceptors (Lipinski definition) is 6. The highest BCUT2D eigenvalue weighted by Gasteiger charge is 2.37. The summed E-state index contributed by atoms with van der Waals surface area (Å²) < 4.78 is 0. The number of benzene rings is 1. The Balaban J connectivity index is 1.58. The molecule has 3 heterocycles. The van der Waals surface area contributed by atoms with E-state index in [1.807, 2.05) is 0 Å². The first-order chi connectivity index (χ1) is 13.6. The molecule has 1 aliphatic heterocycles. The van der Waals surface area contributed by atoms with Gasteiger partial charge in [-0.25, -0.2) is 19.7 Å². The fraction of sp³-hybridized carbons (Fsp3) is 0.0500. The van der Waals surface area contributed by atoms with Crippen molar-refractivity contribution >= 4 is 35.4 Å². The quantitative estimate of drug-likeness (QED) is 0.526. The number of thioether (sulfide) groups is 1. The van der Waals surface area contributed by atoms with Gasteiger partial charge in [-0.3, -0.25) is 9.59 Å². The number of aromatic nitrogens is 2. The van der Waals surface area contributed by atoms with E-state index < -0.39 is 17.8 Å². The maximum atomic E-state index is 12.6. The van der Waals surface area contributed by atoms with Crippen molar-refractivity contribution < 1.29 is 19.5 Å². The number of carbonyl (C=O) groups excluding carboxylic acids is 2. The summed E-state index contributed by atoms with van der Waals surface area (Å²) in [7, 11) is 0. The highest BCUT2D eigenvalue weighted by Crippen LogP contribution is 2.29. The van der Waals surface area contributed by atoms with E-state index in [0.717, 1.165) is 10.5 Å². The maximum absolute atomic E-state index is 12.6. The third-order valence-electron chi connectivity index (χ3n) is 4.21. The number of hydrogen-bond donors (Lipinski definition) is 1. The molecule has 8 heteroatoms. The standard InChI is InChI=1S/C20H13N3O4S/c24-18-13-4-1-2-5-14(13)19(25)23(18)16-10-12(7-9-21-16)11-28-17-15(20(26)27)6-3-8-22-17/h1-10H,11H2,(H,26,27). The van der Waals surface area contributed by atoms with Gasteiger partial charge in [0, 0.05) is 18.1 Å². The second-order valence-corrected chi connectivity index (χ2v) is 6.93. The summed E-state index contributed by atoms with van der Waals surface area (Å²) in [6.07, 6.45) is 3.05. The summed E-state index contributed by atoms with van der Waals surface area (Å²) in [4.78, 5) is 45.8. The molecule has 0 radical (unpaired) electrons. The van der Waals surface area contributed by atoms with E-state index in [-0.39, 0.29) is 11.4 Å². The lowest BCUT2D eigenvalue weighted by atomic mass is 10.1. The highest BCUT2D eigenvalue weighted by atomic mass is 32.2. The Morgan fingerprint density at radius 2 is 1.68 bits per heavy atom. The molecule has 0 unspecified atom stereocenters. The zero-order valence-corrected chi connectivity index (χ0v) is 15.2. The Hall–Kier alpha value is -3.52. The van der Waals surface area contributed by atoms with E-state index in [2.05, 4.69) is 9.97 Å². The van der Waals surface area contributed by atoms with E-state index >= 15 is 0 Å². The zero-order valence-electron chi connectivity index (χ0n) is 14.4. The number of carboxylic acid groups (broad SMARTS) is 1. The average molecular weight is 391 g/mol. The zero-order chi connectivity index (χ0) is 19.7. The van der Waals surface area contributed by atoms with Crippen molar-refractivity contribution in [1.29, 1.82) is 0 Å². The summed E-state index contributed by atoms with van der Waals surface area (Å²) in [6, 6.07) is 13.1. The molecule has 1 N–H and O–H groups in total. The van der Waals surface area contributed by atoms with Crippen LogP contribution in [-0.4, -0.2) is 32.9 Å². The minimum Gasteiger partial charge on any atom is -0.478 e. The molecule has 1 aromatic carbocycles. The van der Waals surface area contributed by atoms with Crippen LogP contribution < -0.4 is 4.90 Å². The van der Waals surface area contributed by atoms with Gasteiger partial charge in [-0.05, 0) is 42.0 Å². The van der Waals surface area contributed by atoms with Crippen LogP contribution in [0.25, 0.3) is 0 Å². The van der Waals surface area contributed by atoms with E-state index in [1.54, 1.807) is 42.5 Å². The molecule has 28 heavy (non-hydrogen) atoms. The number of pyridine rings is 2. The van der Waals surface area contributed by atoms with Gasteiger partial charge in [0.15, 0.2) is 0 Å². The predicted octanol–water partition coefficient (Wildman–Crippen LogP) is 3.27. The Morgan fingerprint density at radius 3 is 2.36 bits per heavy atom. The first-order valence-electron chi connectivity index (χ1n) is 8.30. The molecular formula is C20H13N3O4S. The van der Waals surface area contributed by atoms with Gasteiger partial charge in [0.05, 0.1) is 16.7 Å². The SMILES string of the molecule is O=C(O)c1cccnc1SCc1ccnc(N2C(=O)c3ccccc3C2=O)c1. The van der Waals surface area contributed by atoms with Gasteiger partial charge >= 0.3 is 5.97 Å². The second kappa shape index (κ2) is 7.24. The van der Waals surface area contributed by atoms with Gasteiger partial charge in [0.2, 0.25) is 0 Å². The largest absolute Gasteiger partial charge is 0.478 e. The number of carboxylic acids is 1. The van der Waals surface area contributed by atoms with Crippen LogP contribution in [0.15, 0.2) is 66.0 Å². The molecule has 1 aliphatic rings. The van der Waals surface area contributed by atoms with Crippen molar-refractivity contribution in [3.63, 3.8) is 0 Å². The number of amides is 2. The Morgan fingerprint density at radius 1 is 0.964 bits per heavy atom. The highest BCUT2D eigenvalue weighted by molar-refractivity contribution is 7.98. The number of carbonyl (C=O) groups is 3. The van der Waals surface area contributed by atoms with Gasteiger partial charge in [-0.15, -0.1) is 11.8 Å². The molecule has 0 fully saturated rings. The molecule has 0 bridgehead atoms. The van der Waals surface area contributed by atoms with Crippen LogP contribution in [0.3, 0.4) is 0 Å². The van der Waals surface area contributed by atoms with Crippen molar-refractivity contribution in [2.24, 2.45) is 0 Å². The Bertz CT molecular complexity index is 1080. The third kappa shape index (κ3) is 3.14. The summed E-state index contributed by atoms with van der Waals surface area (Å²) >= 11 is 1.26. The minimum atomic E-state index is -1.04. The van der Waals surface area contributed by atoms with Crippen LogP contribution in [0.5, 0.6) is 0 Å². The van der Waals surface area contributed by atoms with Crippen LogP contribution in [0, 0.1) is 0 Å². The normalized spacial score (nSPS) is 12.9. The summed E-state index contributed by atoms with van der Waals surface area (Å²) in [5.74, 6) is -1.21. The molecule has 0 spiro atoms. The van der Waals surface area contributed by atoms with Crippen molar-refractivity contribution in [3.05, 3.63) is 83.2 Å². The summed E-state index contributed by atoms with van der Waals surface area (Å²) in [5.41, 5.74) is 1.62. The summed E-state index contributed by atoms with van der Waals surface area (Å²) in [5, 5.41) is 9.65. The van der Waals surface area contributed by atoms with Crippen LogP contribution in [0.4, 0.5) is 5.82 Å². The number of nitrogens with zero attached hydrogens (tertiary/aromatic N) is 3. The number of anilines is 1. The van der Waals surface area contributed by atoms with E-state index in [4.69, 9.17) is 0 Å². The molecule has 2 amide bonds.